The van der Waals surface area contributed by atoms with Crippen molar-refractivity contribution in [3.63, 3.8) is 0 Å². The van der Waals surface area contributed by atoms with E-state index in [9.17, 15) is 9.90 Å². The van der Waals surface area contributed by atoms with Crippen LogP contribution in [-0.2, 0) is 16.1 Å². The van der Waals surface area contributed by atoms with Crippen LogP contribution in [0, 0.1) is 0 Å². The van der Waals surface area contributed by atoms with E-state index in [1.807, 2.05) is 30.3 Å². The quantitative estimate of drug-likeness (QED) is 0.882. The number of hydrogen-bond donors (Lipinski definition) is 1. The van der Waals surface area contributed by atoms with Crippen LogP contribution < -0.4 is 0 Å². The van der Waals surface area contributed by atoms with Gasteiger partial charge in [-0.3, -0.25) is 4.79 Å². The minimum atomic E-state index is -0.916. The van der Waals surface area contributed by atoms with Crippen LogP contribution in [0.3, 0.4) is 0 Å². The standard InChI is InChI=1S/C16H15ClO3/c17-14-8-4-7-13(9-14)15(16(18)19)11-20-10-12-5-2-1-3-6-12/h1-9,15H,10-11H2,(H,18,19). The van der Waals surface area contributed by atoms with E-state index in [0.29, 0.717) is 17.2 Å². The fourth-order valence-corrected chi connectivity index (χ4v) is 2.10. The van der Waals surface area contributed by atoms with Crippen molar-refractivity contribution in [1.82, 2.24) is 0 Å². The lowest BCUT2D eigenvalue weighted by Crippen LogP contribution is -2.17. The molecule has 0 aliphatic carbocycles. The number of benzene rings is 2. The highest BCUT2D eigenvalue weighted by molar-refractivity contribution is 6.30. The fourth-order valence-electron chi connectivity index (χ4n) is 1.90. The highest BCUT2D eigenvalue weighted by Gasteiger charge is 2.20. The van der Waals surface area contributed by atoms with E-state index in [1.165, 1.54) is 0 Å². The lowest BCUT2D eigenvalue weighted by atomic mass is 10.0. The molecule has 1 N–H and O–H groups in total. The zero-order valence-corrected chi connectivity index (χ0v) is 11.6. The van der Waals surface area contributed by atoms with Crippen LogP contribution in [0.1, 0.15) is 17.0 Å². The Morgan fingerprint density at radius 3 is 2.55 bits per heavy atom. The molecule has 2 rings (SSSR count). The largest absolute Gasteiger partial charge is 0.481 e. The number of hydrogen-bond acceptors (Lipinski definition) is 2. The summed E-state index contributed by atoms with van der Waals surface area (Å²) in [7, 11) is 0. The molecule has 104 valence electrons. The molecule has 4 heteroatoms. The maximum Gasteiger partial charge on any atom is 0.313 e. The van der Waals surface area contributed by atoms with Crippen molar-refractivity contribution in [2.75, 3.05) is 6.61 Å². The third-order valence-corrected chi connectivity index (χ3v) is 3.18. The summed E-state index contributed by atoms with van der Waals surface area (Å²) in [5.41, 5.74) is 1.67. The van der Waals surface area contributed by atoms with Crippen molar-refractivity contribution in [2.45, 2.75) is 12.5 Å². The molecular formula is C16H15ClO3. The van der Waals surface area contributed by atoms with Gasteiger partial charge in [0.1, 0.15) is 5.92 Å². The van der Waals surface area contributed by atoms with Gasteiger partial charge in [0, 0.05) is 5.02 Å². The van der Waals surface area contributed by atoms with E-state index in [2.05, 4.69) is 0 Å². The van der Waals surface area contributed by atoms with Gasteiger partial charge < -0.3 is 9.84 Å². The van der Waals surface area contributed by atoms with Gasteiger partial charge in [-0.15, -0.1) is 0 Å². The molecule has 2 aromatic carbocycles. The van der Waals surface area contributed by atoms with E-state index in [-0.39, 0.29) is 6.61 Å². The van der Waals surface area contributed by atoms with Crippen LogP contribution in [0.5, 0.6) is 0 Å². The van der Waals surface area contributed by atoms with Gasteiger partial charge in [-0.25, -0.2) is 0 Å². The van der Waals surface area contributed by atoms with Crippen LogP contribution >= 0.6 is 11.6 Å². The molecule has 20 heavy (non-hydrogen) atoms. The topological polar surface area (TPSA) is 46.5 Å². The number of carboxylic acid groups (broad SMARTS) is 1. The van der Waals surface area contributed by atoms with E-state index in [0.717, 1.165) is 5.56 Å². The summed E-state index contributed by atoms with van der Waals surface area (Å²) in [6, 6.07) is 16.5. The molecule has 0 aliphatic heterocycles. The Morgan fingerprint density at radius 2 is 1.90 bits per heavy atom. The highest BCUT2D eigenvalue weighted by Crippen LogP contribution is 2.21. The number of rotatable bonds is 6. The maximum absolute atomic E-state index is 11.3. The molecule has 1 atom stereocenters. The summed E-state index contributed by atoms with van der Waals surface area (Å²) in [6.45, 7) is 0.510. The Morgan fingerprint density at radius 1 is 1.15 bits per heavy atom. The van der Waals surface area contributed by atoms with Crippen LogP contribution in [0.25, 0.3) is 0 Å². The highest BCUT2D eigenvalue weighted by atomic mass is 35.5. The maximum atomic E-state index is 11.3. The van der Waals surface area contributed by atoms with Crippen LogP contribution in [0.4, 0.5) is 0 Å². The third-order valence-electron chi connectivity index (χ3n) is 2.95. The third kappa shape index (κ3) is 4.08. The predicted octanol–water partition coefficient (Wildman–Crippen LogP) is 3.73. The second kappa shape index (κ2) is 7.08. The van der Waals surface area contributed by atoms with Gasteiger partial charge in [-0.1, -0.05) is 54.1 Å². The molecule has 0 bridgehead atoms. The van der Waals surface area contributed by atoms with Crippen molar-refractivity contribution in [2.24, 2.45) is 0 Å². The first-order chi connectivity index (χ1) is 9.66. The first kappa shape index (κ1) is 14.6. The van der Waals surface area contributed by atoms with Crippen molar-refractivity contribution in [1.29, 1.82) is 0 Å². The number of aliphatic carboxylic acids is 1. The molecule has 0 saturated carbocycles. The molecule has 0 fully saturated rings. The summed E-state index contributed by atoms with van der Waals surface area (Å²) in [6.07, 6.45) is 0. The summed E-state index contributed by atoms with van der Waals surface area (Å²) in [5.74, 6) is -1.63. The lowest BCUT2D eigenvalue weighted by Gasteiger charge is -2.13. The average Bonchev–Trinajstić information content (AvgIpc) is 2.44. The molecule has 0 heterocycles. The number of halogens is 1. The lowest BCUT2D eigenvalue weighted by molar-refractivity contribution is -0.140. The molecule has 0 aliphatic rings. The van der Waals surface area contributed by atoms with E-state index >= 15 is 0 Å². The summed E-state index contributed by atoms with van der Waals surface area (Å²) >= 11 is 5.89. The summed E-state index contributed by atoms with van der Waals surface area (Å²) in [5, 5.41) is 9.82. The Labute approximate surface area is 122 Å². The predicted molar refractivity (Wildman–Crippen MR) is 77.9 cm³/mol. The van der Waals surface area contributed by atoms with Gasteiger partial charge in [0.25, 0.3) is 0 Å². The van der Waals surface area contributed by atoms with Crippen molar-refractivity contribution in [3.05, 3.63) is 70.7 Å². The number of carboxylic acids is 1. The first-order valence-electron chi connectivity index (χ1n) is 6.27. The monoisotopic (exact) mass is 290 g/mol. The van der Waals surface area contributed by atoms with Gasteiger partial charge in [0.05, 0.1) is 13.2 Å². The Kier molecular flexibility index (Phi) is 5.16. The second-order valence-corrected chi connectivity index (χ2v) is 4.88. The van der Waals surface area contributed by atoms with Crippen LogP contribution in [0.15, 0.2) is 54.6 Å². The van der Waals surface area contributed by atoms with Gasteiger partial charge in [-0.05, 0) is 23.3 Å². The summed E-state index contributed by atoms with van der Waals surface area (Å²) < 4.78 is 5.51. The normalized spacial score (nSPS) is 12.1. The van der Waals surface area contributed by atoms with Crippen LogP contribution in [0.2, 0.25) is 5.02 Å². The van der Waals surface area contributed by atoms with Crippen molar-refractivity contribution < 1.29 is 14.6 Å². The molecule has 0 aromatic heterocycles. The van der Waals surface area contributed by atoms with Crippen LogP contribution in [-0.4, -0.2) is 17.7 Å². The second-order valence-electron chi connectivity index (χ2n) is 4.45. The zero-order chi connectivity index (χ0) is 14.4. The Bertz CT molecular complexity index is 569. The molecule has 1 unspecified atom stereocenters. The molecular weight excluding hydrogens is 276 g/mol. The molecule has 3 nitrogen and oxygen atoms in total. The molecule has 2 aromatic rings. The van der Waals surface area contributed by atoms with Crippen molar-refractivity contribution >= 4 is 17.6 Å². The van der Waals surface area contributed by atoms with E-state index < -0.39 is 11.9 Å². The Hall–Kier alpha value is -1.84. The smallest absolute Gasteiger partial charge is 0.313 e. The van der Waals surface area contributed by atoms with Gasteiger partial charge in [-0.2, -0.15) is 0 Å². The molecule has 0 radical (unpaired) electrons. The number of ether oxygens (including phenoxy) is 1. The minimum Gasteiger partial charge on any atom is -0.481 e. The number of carbonyl (C=O) groups is 1. The zero-order valence-electron chi connectivity index (χ0n) is 10.8. The van der Waals surface area contributed by atoms with Gasteiger partial charge in [0.15, 0.2) is 0 Å². The van der Waals surface area contributed by atoms with Crippen molar-refractivity contribution in [3.8, 4) is 0 Å². The fraction of sp³-hybridized carbons (Fsp3) is 0.188. The molecule has 0 spiro atoms. The first-order valence-corrected chi connectivity index (χ1v) is 6.64. The SMILES string of the molecule is O=C(O)C(COCc1ccccc1)c1cccc(Cl)c1. The van der Waals surface area contributed by atoms with E-state index in [4.69, 9.17) is 16.3 Å². The van der Waals surface area contributed by atoms with E-state index in [1.54, 1.807) is 24.3 Å². The van der Waals surface area contributed by atoms with Gasteiger partial charge in [0.2, 0.25) is 0 Å². The minimum absolute atomic E-state index is 0.116. The Balaban J connectivity index is 1.98. The molecule has 0 saturated heterocycles. The summed E-state index contributed by atoms with van der Waals surface area (Å²) in [4.78, 5) is 11.3. The molecule has 0 amide bonds. The van der Waals surface area contributed by atoms with Gasteiger partial charge >= 0.3 is 5.97 Å². The average molecular weight is 291 g/mol.